The summed E-state index contributed by atoms with van der Waals surface area (Å²) in [6.07, 6.45) is 6.01. The molecule has 0 amide bonds. The zero-order valence-corrected chi connectivity index (χ0v) is 11.9. The van der Waals surface area contributed by atoms with E-state index in [4.69, 9.17) is 0 Å². The maximum Gasteiger partial charge on any atom is 0.128 e. The van der Waals surface area contributed by atoms with Crippen LogP contribution in [0.4, 0.5) is 5.82 Å². The molecule has 2 rings (SSSR count). The molecule has 0 spiro atoms. The van der Waals surface area contributed by atoms with Crippen LogP contribution in [-0.2, 0) is 0 Å². The van der Waals surface area contributed by atoms with Crippen molar-refractivity contribution in [1.82, 2.24) is 9.88 Å². The molecule has 0 saturated carbocycles. The SMILES string of the molecule is CCN(CC)c1ccc(C2CCCCN2C)cn1. The molecule has 0 aliphatic carbocycles. The highest BCUT2D eigenvalue weighted by atomic mass is 15.2. The van der Waals surface area contributed by atoms with E-state index in [2.05, 4.69) is 54.0 Å². The van der Waals surface area contributed by atoms with Gasteiger partial charge in [-0.25, -0.2) is 4.98 Å². The topological polar surface area (TPSA) is 19.4 Å². The van der Waals surface area contributed by atoms with Gasteiger partial charge in [0.1, 0.15) is 5.82 Å². The van der Waals surface area contributed by atoms with Gasteiger partial charge in [-0.15, -0.1) is 0 Å². The first kappa shape index (κ1) is 13.3. The van der Waals surface area contributed by atoms with E-state index in [0.717, 1.165) is 18.9 Å². The van der Waals surface area contributed by atoms with Crippen LogP contribution in [0.5, 0.6) is 0 Å². The van der Waals surface area contributed by atoms with Gasteiger partial charge in [0.2, 0.25) is 0 Å². The van der Waals surface area contributed by atoms with Gasteiger partial charge in [-0.2, -0.15) is 0 Å². The fraction of sp³-hybridized carbons (Fsp3) is 0.667. The summed E-state index contributed by atoms with van der Waals surface area (Å²) in [7, 11) is 2.22. The number of likely N-dealkylation sites (tertiary alicyclic amines) is 1. The first-order valence-electron chi connectivity index (χ1n) is 7.17. The third-order valence-electron chi connectivity index (χ3n) is 4.01. The monoisotopic (exact) mass is 247 g/mol. The maximum absolute atomic E-state index is 4.63. The molecule has 2 heterocycles. The van der Waals surface area contributed by atoms with Crippen molar-refractivity contribution in [2.75, 3.05) is 31.6 Å². The predicted octanol–water partition coefficient (Wildman–Crippen LogP) is 3.08. The molecule has 100 valence electrons. The molecule has 0 radical (unpaired) electrons. The number of nitrogens with zero attached hydrogens (tertiary/aromatic N) is 3. The number of aromatic nitrogens is 1. The van der Waals surface area contributed by atoms with Crippen molar-refractivity contribution in [3.8, 4) is 0 Å². The zero-order chi connectivity index (χ0) is 13.0. The number of anilines is 1. The largest absolute Gasteiger partial charge is 0.357 e. The minimum atomic E-state index is 0.567. The van der Waals surface area contributed by atoms with Crippen LogP contribution in [0.25, 0.3) is 0 Å². The third kappa shape index (κ3) is 2.83. The summed E-state index contributed by atoms with van der Waals surface area (Å²) in [5.41, 5.74) is 1.37. The Kier molecular flexibility index (Phi) is 4.59. The molecular formula is C15H25N3. The quantitative estimate of drug-likeness (QED) is 0.815. The predicted molar refractivity (Wildman–Crippen MR) is 77.0 cm³/mol. The highest BCUT2D eigenvalue weighted by Crippen LogP contribution is 2.29. The van der Waals surface area contributed by atoms with Gasteiger partial charge in [-0.1, -0.05) is 12.5 Å². The lowest BCUT2D eigenvalue weighted by Gasteiger charge is -2.32. The average molecular weight is 247 g/mol. The summed E-state index contributed by atoms with van der Waals surface area (Å²) in [5, 5.41) is 0. The van der Waals surface area contributed by atoms with Crippen LogP contribution in [0.15, 0.2) is 18.3 Å². The van der Waals surface area contributed by atoms with Crippen molar-refractivity contribution in [3.05, 3.63) is 23.9 Å². The summed E-state index contributed by atoms with van der Waals surface area (Å²) in [6.45, 7) is 7.60. The molecule has 1 fully saturated rings. The van der Waals surface area contributed by atoms with Gasteiger partial charge in [-0.3, -0.25) is 4.90 Å². The van der Waals surface area contributed by atoms with Crippen LogP contribution in [0.2, 0.25) is 0 Å². The van der Waals surface area contributed by atoms with E-state index in [0.29, 0.717) is 6.04 Å². The van der Waals surface area contributed by atoms with Crippen molar-refractivity contribution >= 4 is 5.82 Å². The lowest BCUT2D eigenvalue weighted by molar-refractivity contribution is 0.187. The van der Waals surface area contributed by atoms with Crippen LogP contribution in [0.3, 0.4) is 0 Å². The van der Waals surface area contributed by atoms with E-state index in [-0.39, 0.29) is 0 Å². The Morgan fingerprint density at radius 1 is 1.28 bits per heavy atom. The molecule has 1 saturated heterocycles. The molecule has 1 aromatic heterocycles. The molecule has 3 heteroatoms. The van der Waals surface area contributed by atoms with Crippen molar-refractivity contribution in [2.24, 2.45) is 0 Å². The Balaban J connectivity index is 2.11. The Morgan fingerprint density at radius 3 is 2.61 bits per heavy atom. The van der Waals surface area contributed by atoms with Crippen molar-refractivity contribution in [3.63, 3.8) is 0 Å². The fourth-order valence-corrected chi connectivity index (χ4v) is 2.83. The van der Waals surface area contributed by atoms with Gasteiger partial charge in [0.05, 0.1) is 0 Å². The molecule has 0 N–H and O–H groups in total. The molecule has 0 aromatic carbocycles. The minimum absolute atomic E-state index is 0.567. The Labute approximate surface area is 111 Å². The number of hydrogen-bond acceptors (Lipinski definition) is 3. The van der Waals surface area contributed by atoms with Gasteiger partial charge in [-0.05, 0) is 51.9 Å². The average Bonchev–Trinajstić information content (AvgIpc) is 2.42. The Hall–Kier alpha value is -1.09. The molecule has 1 aromatic rings. The molecule has 0 bridgehead atoms. The van der Waals surface area contributed by atoms with E-state index >= 15 is 0 Å². The molecular weight excluding hydrogens is 222 g/mol. The summed E-state index contributed by atoms with van der Waals surface area (Å²) in [4.78, 5) is 9.37. The Bertz CT molecular complexity index is 357. The molecule has 1 atom stereocenters. The number of pyridine rings is 1. The molecule has 3 nitrogen and oxygen atoms in total. The second-order valence-corrected chi connectivity index (χ2v) is 5.11. The molecule has 18 heavy (non-hydrogen) atoms. The minimum Gasteiger partial charge on any atom is -0.357 e. The van der Waals surface area contributed by atoms with Gasteiger partial charge in [0.25, 0.3) is 0 Å². The van der Waals surface area contributed by atoms with E-state index in [1.165, 1.54) is 31.4 Å². The van der Waals surface area contributed by atoms with Crippen LogP contribution in [0.1, 0.15) is 44.7 Å². The summed E-state index contributed by atoms with van der Waals surface area (Å²) in [6, 6.07) is 5.00. The highest BCUT2D eigenvalue weighted by Gasteiger charge is 2.20. The first-order chi connectivity index (χ1) is 8.76. The number of piperidine rings is 1. The number of rotatable bonds is 4. The molecule has 1 aliphatic heterocycles. The normalized spacial score (nSPS) is 20.9. The van der Waals surface area contributed by atoms with Gasteiger partial charge in [0, 0.05) is 25.3 Å². The number of hydrogen-bond donors (Lipinski definition) is 0. The fourth-order valence-electron chi connectivity index (χ4n) is 2.83. The van der Waals surface area contributed by atoms with Crippen molar-refractivity contribution < 1.29 is 0 Å². The second kappa shape index (κ2) is 6.19. The van der Waals surface area contributed by atoms with Crippen molar-refractivity contribution in [1.29, 1.82) is 0 Å². The lowest BCUT2D eigenvalue weighted by Crippen LogP contribution is -2.29. The smallest absolute Gasteiger partial charge is 0.128 e. The van der Waals surface area contributed by atoms with Crippen LogP contribution >= 0.6 is 0 Å². The highest BCUT2D eigenvalue weighted by molar-refractivity contribution is 5.39. The summed E-state index contributed by atoms with van der Waals surface area (Å²) < 4.78 is 0. The van der Waals surface area contributed by atoms with E-state index < -0.39 is 0 Å². The van der Waals surface area contributed by atoms with E-state index in [1.807, 2.05) is 0 Å². The first-order valence-corrected chi connectivity index (χ1v) is 7.17. The van der Waals surface area contributed by atoms with E-state index in [1.54, 1.807) is 0 Å². The second-order valence-electron chi connectivity index (χ2n) is 5.11. The Morgan fingerprint density at radius 2 is 2.06 bits per heavy atom. The van der Waals surface area contributed by atoms with Gasteiger partial charge < -0.3 is 4.90 Å². The summed E-state index contributed by atoms with van der Waals surface area (Å²) in [5.74, 6) is 1.10. The van der Waals surface area contributed by atoms with Crippen LogP contribution < -0.4 is 4.90 Å². The van der Waals surface area contributed by atoms with Crippen LogP contribution in [0, 0.1) is 0 Å². The summed E-state index contributed by atoms with van der Waals surface area (Å²) >= 11 is 0. The molecule has 1 unspecified atom stereocenters. The lowest BCUT2D eigenvalue weighted by atomic mass is 9.97. The van der Waals surface area contributed by atoms with Crippen LogP contribution in [-0.4, -0.2) is 36.6 Å². The maximum atomic E-state index is 4.63. The van der Waals surface area contributed by atoms with E-state index in [9.17, 15) is 0 Å². The third-order valence-corrected chi connectivity index (χ3v) is 4.01. The van der Waals surface area contributed by atoms with Crippen molar-refractivity contribution in [2.45, 2.75) is 39.2 Å². The van der Waals surface area contributed by atoms with Gasteiger partial charge >= 0.3 is 0 Å². The zero-order valence-electron chi connectivity index (χ0n) is 11.9. The standard InChI is InChI=1S/C15H25N3/c1-4-18(5-2)15-10-9-13(12-16-15)14-8-6-7-11-17(14)3/h9-10,12,14H,4-8,11H2,1-3H3. The molecule has 1 aliphatic rings. The van der Waals surface area contributed by atoms with Gasteiger partial charge in [0.15, 0.2) is 0 Å².